The van der Waals surface area contributed by atoms with Gasteiger partial charge in [-0.2, -0.15) is 13.1 Å². The summed E-state index contributed by atoms with van der Waals surface area (Å²) >= 11 is 0. The van der Waals surface area contributed by atoms with Crippen molar-refractivity contribution in [3.05, 3.63) is 18.1 Å². The number of primary amides is 1. The van der Waals surface area contributed by atoms with Gasteiger partial charge in [0, 0.05) is 12.7 Å². The van der Waals surface area contributed by atoms with E-state index in [-0.39, 0.29) is 29.0 Å². The molecule has 1 amide bonds. The minimum absolute atomic E-state index is 0.00280. The molecule has 3 rings (SSSR count). The van der Waals surface area contributed by atoms with Crippen LogP contribution in [0.2, 0.25) is 0 Å². The van der Waals surface area contributed by atoms with E-state index in [0.29, 0.717) is 0 Å². The number of aromatic nitrogens is 3. The molecule has 0 aliphatic carbocycles. The summed E-state index contributed by atoms with van der Waals surface area (Å²) in [6.45, 7) is -0.368. The highest BCUT2D eigenvalue weighted by Crippen LogP contribution is 2.34. The second-order valence-electron chi connectivity index (χ2n) is 5.71. The Morgan fingerprint density at radius 1 is 1.35 bits per heavy atom. The molecule has 14 heteroatoms. The topological polar surface area (TPSA) is 222 Å². The number of carbonyl (C=O) groups is 1. The summed E-state index contributed by atoms with van der Waals surface area (Å²) in [6.07, 6.45) is -2.73. The van der Waals surface area contributed by atoms with Crippen LogP contribution in [0.1, 0.15) is 16.6 Å². The molecule has 0 saturated carbocycles. The first kappa shape index (κ1) is 18.4. The lowest BCUT2D eigenvalue weighted by molar-refractivity contribution is -0.0327. The van der Waals surface area contributed by atoms with Gasteiger partial charge in [-0.25, -0.2) is 15.1 Å². The van der Waals surface area contributed by atoms with Crippen LogP contribution in [0, 0.1) is 0 Å². The number of hydrogen-bond donors (Lipinski definition) is 6. The first-order valence-electron chi connectivity index (χ1n) is 7.30. The number of aliphatic hydroxyl groups is 2. The molecule has 3 heterocycles. The summed E-state index contributed by atoms with van der Waals surface area (Å²) in [4.78, 5) is 19.5. The highest BCUT2D eigenvalue weighted by molar-refractivity contribution is 7.87. The van der Waals surface area contributed by atoms with Gasteiger partial charge in [0.15, 0.2) is 6.23 Å². The van der Waals surface area contributed by atoms with Crippen LogP contribution in [0.4, 0.5) is 5.82 Å². The number of fused-ring (bicyclic) bond motifs is 1. The molecule has 0 spiro atoms. The van der Waals surface area contributed by atoms with Gasteiger partial charge in [-0.15, -0.1) is 0 Å². The third kappa shape index (κ3) is 3.20. The molecule has 1 fully saturated rings. The maximum Gasteiger partial charge on any atom is 0.274 e. The number of nitrogens with one attached hydrogen (secondary N) is 1. The van der Waals surface area contributed by atoms with E-state index in [0.717, 1.165) is 6.33 Å². The van der Waals surface area contributed by atoms with Gasteiger partial charge in [0.05, 0.1) is 10.9 Å². The highest BCUT2D eigenvalue weighted by Gasteiger charge is 2.44. The third-order valence-corrected chi connectivity index (χ3v) is 4.57. The molecule has 1 aliphatic rings. The number of hydrogen-bond acceptors (Lipinski definition) is 9. The second kappa shape index (κ2) is 6.42. The molecule has 0 aromatic carbocycles. The standard InChI is InChI=1S/C12H17N7O6S/c13-9-6-4(10(14)22)2-19(11(6)17-3-16-9)12-8(21)7(20)5(25-12)1-18-26(15,23)24/h2-3,5,7-8,12,18,20-21H,1H2,(H2,14,22)(H2,13,16,17)(H2,15,23,24)/t5-,7-,8-,12-/m1/s1. The van der Waals surface area contributed by atoms with Gasteiger partial charge in [0.25, 0.3) is 16.1 Å². The Labute approximate surface area is 146 Å². The van der Waals surface area contributed by atoms with Gasteiger partial charge in [-0.1, -0.05) is 0 Å². The van der Waals surface area contributed by atoms with Crippen LogP contribution in [0.5, 0.6) is 0 Å². The quantitative estimate of drug-likeness (QED) is 0.299. The first-order valence-corrected chi connectivity index (χ1v) is 8.84. The Morgan fingerprint density at radius 3 is 2.65 bits per heavy atom. The number of amides is 1. The third-order valence-electron chi connectivity index (χ3n) is 4.00. The van der Waals surface area contributed by atoms with Crippen molar-refractivity contribution in [1.29, 1.82) is 0 Å². The molecule has 1 saturated heterocycles. The number of carbonyl (C=O) groups excluding carboxylic acids is 1. The van der Waals surface area contributed by atoms with Crippen LogP contribution in [0.3, 0.4) is 0 Å². The Hall–Kier alpha value is -2.36. The number of nitrogen functional groups attached to an aromatic ring is 1. The fourth-order valence-electron chi connectivity index (χ4n) is 2.82. The van der Waals surface area contributed by atoms with Gasteiger partial charge in [0.1, 0.15) is 36.1 Å². The molecule has 9 N–H and O–H groups in total. The largest absolute Gasteiger partial charge is 0.387 e. The molecule has 26 heavy (non-hydrogen) atoms. The molecule has 0 bridgehead atoms. The maximum absolute atomic E-state index is 11.7. The van der Waals surface area contributed by atoms with E-state index in [1.165, 1.54) is 10.8 Å². The molecular weight excluding hydrogens is 370 g/mol. The van der Waals surface area contributed by atoms with Crippen LogP contribution < -0.4 is 21.3 Å². The van der Waals surface area contributed by atoms with Gasteiger partial charge in [0.2, 0.25) is 0 Å². The van der Waals surface area contributed by atoms with Crippen molar-refractivity contribution in [1.82, 2.24) is 19.3 Å². The van der Waals surface area contributed by atoms with Crippen molar-refractivity contribution >= 4 is 33.0 Å². The fourth-order valence-corrected chi connectivity index (χ4v) is 3.21. The molecule has 13 nitrogen and oxygen atoms in total. The van der Waals surface area contributed by atoms with Gasteiger partial charge < -0.3 is 31.0 Å². The smallest absolute Gasteiger partial charge is 0.274 e. The van der Waals surface area contributed by atoms with E-state index in [2.05, 4.69) is 9.97 Å². The van der Waals surface area contributed by atoms with E-state index >= 15 is 0 Å². The lowest BCUT2D eigenvalue weighted by Crippen LogP contribution is -2.42. The summed E-state index contributed by atoms with van der Waals surface area (Å²) in [5, 5.41) is 25.4. The van der Waals surface area contributed by atoms with Crippen molar-refractivity contribution in [2.45, 2.75) is 24.5 Å². The fraction of sp³-hybridized carbons (Fsp3) is 0.417. The lowest BCUT2D eigenvalue weighted by atomic mass is 10.1. The van der Waals surface area contributed by atoms with Crippen LogP contribution in [-0.2, 0) is 14.9 Å². The molecular formula is C12H17N7O6S. The molecule has 0 unspecified atom stereocenters. The zero-order valence-electron chi connectivity index (χ0n) is 13.2. The van der Waals surface area contributed by atoms with Crippen LogP contribution in [0.25, 0.3) is 11.0 Å². The van der Waals surface area contributed by atoms with Crippen LogP contribution in [0.15, 0.2) is 12.5 Å². The van der Waals surface area contributed by atoms with Crippen LogP contribution >= 0.6 is 0 Å². The number of rotatable bonds is 5. The monoisotopic (exact) mass is 387 g/mol. The predicted molar refractivity (Wildman–Crippen MR) is 87.5 cm³/mol. The van der Waals surface area contributed by atoms with E-state index in [4.69, 9.17) is 21.3 Å². The summed E-state index contributed by atoms with van der Waals surface area (Å²) in [5.41, 5.74) is 11.3. The number of nitrogens with zero attached hydrogens (tertiary/aromatic N) is 3. The second-order valence-corrected chi connectivity index (χ2v) is 7.09. The van der Waals surface area contributed by atoms with Crippen molar-refractivity contribution in [2.24, 2.45) is 10.9 Å². The minimum Gasteiger partial charge on any atom is -0.387 e. The van der Waals surface area contributed by atoms with Crippen molar-refractivity contribution in [3.8, 4) is 0 Å². The highest BCUT2D eigenvalue weighted by atomic mass is 32.2. The summed E-state index contributed by atoms with van der Waals surface area (Å²) < 4.78 is 30.8. The SMILES string of the molecule is NC(=O)c1cn([C@@H]2O[C@H](CNS(N)(=O)=O)[C@@H](O)[C@H]2O)c2ncnc(N)c12. The van der Waals surface area contributed by atoms with Gasteiger partial charge >= 0.3 is 0 Å². The number of ether oxygens (including phenoxy) is 1. The van der Waals surface area contributed by atoms with E-state index < -0.39 is 40.7 Å². The van der Waals surface area contributed by atoms with Crippen LogP contribution in [-0.4, -0.2) is 63.9 Å². The normalized spacial score (nSPS) is 26.4. The lowest BCUT2D eigenvalue weighted by Gasteiger charge is -2.17. The molecule has 0 radical (unpaired) electrons. The minimum atomic E-state index is -4.01. The van der Waals surface area contributed by atoms with Gasteiger partial charge in [-0.3, -0.25) is 4.79 Å². The zero-order valence-corrected chi connectivity index (χ0v) is 14.0. The average Bonchev–Trinajstić information content (AvgIpc) is 3.06. The van der Waals surface area contributed by atoms with E-state index in [9.17, 15) is 23.4 Å². The summed E-state index contributed by atoms with van der Waals surface area (Å²) in [7, 11) is -4.01. The first-order chi connectivity index (χ1) is 12.1. The molecule has 4 atom stereocenters. The molecule has 142 valence electrons. The van der Waals surface area contributed by atoms with Crippen molar-refractivity contribution in [3.63, 3.8) is 0 Å². The van der Waals surface area contributed by atoms with Gasteiger partial charge in [-0.05, 0) is 0 Å². The Balaban J connectivity index is 1.99. The van der Waals surface area contributed by atoms with Crippen molar-refractivity contribution < 1.29 is 28.2 Å². The number of anilines is 1. The number of nitrogens with two attached hydrogens (primary N) is 3. The van der Waals surface area contributed by atoms with E-state index in [1.54, 1.807) is 0 Å². The molecule has 2 aromatic rings. The average molecular weight is 387 g/mol. The number of aliphatic hydroxyl groups excluding tert-OH is 2. The predicted octanol–water partition coefficient (Wildman–Crippen LogP) is -3.48. The summed E-state index contributed by atoms with van der Waals surface area (Å²) in [5.74, 6) is -0.793. The van der Waals surface area contributed by atoms with Crippen molar-refractivity contribution in [2.75, 3.05) is 12.3 Å². The summed E-state index contributed by atoms with van der Waals surface area (Å²) in [6, 6.07) is 0. The van der Waals surface area contributed by atoms with E-state index in [1.807, 2.05) is 4.72 Å². The molecule has 1 aliphatic heterocycles. The Morgan fingerprint density at radius 2 is 2.04 bits per heavy atom. The maximum atomic E-state index is 11.7. The Bertz CT molecular complexity index is 960. The Kier molecular flexibility index (Phi) is 4.55. The zero-order chi connectivity index (χ0) is 19.2. The molecule has 2 aromatic heterocycles.